The van der Waals surface area contributed by atoms with Crippen molar-refractivity contribution in [1.82, 2.24) is 24.1 Å². The Morgan fingerprint density at radius 3 is 1.14 bits per heavy atom. The van der Waals surface area contributed by atoms with E-state index in [0.717, 1.165) is 22.3 Å². The van der Waals surface area contributed by atoms with Gasteiger partial charge in [-0.1, -0.05) is 315 Å². The molecule has 24 aromatic rings. The highest BCUT2D eigenvalue weighted by molar-refractivity contribution is 7.26. The van der Waals surface area contributed by atoms with Crippen LogP contribution in [0.25, 0.3) is 206 Å². The van der Waals surface area contributed by atoms with E-state index in [2.05, 4.69) is 397 Å². The second-order valence-corrected chi connectivity index (χ2v) is 32.9. The summed E-state index contributed by atoms with van der Waals surface area (Å²) in [7, 11) is 0. The Hall–Kier alpha value is -14.7. The standard InChI is InChI=1S/C60H37N3S.C50H30N2S/c1-3-13-40(14-4-1)57-61-58(41-26-23-38(24-27-41)43-31-35-47-44(37-43)28-25-39-32-36-54-56(55(39)47)50-19-9-12-22-53(50)64-54)63-59(62-57)42-29-33-46(34-30-42)60(45-15-5-2-6-16-45)51-20-10-7-17-48(51)49-18-8-11-21-52(49)60;1-2-10-35(11-3-1)51-43-15-7-4-12-38(43)41-29-32(20-25-45(41)51)33-21-26-46-42(30-33)39-13-5-8-16-44(39)52(46)36-23-24-37-34(28-36)19-18-31-22-27-48-50(49(31)37)40-14-6-9-17-47(40)53-48/h1-37H;1-30H. The third-order valence-electron chi connectivity index (χ3n) is 24.5. The Bertz CT molecular complexity index is 8130. The van der Waals surface area contributed by atoms with Crippen molar-refractivity contribution in [3.63, 3.8) is 0 Å². The van der Waals surface area contributed by atoms with Crippen LogP contribution in [0.15, 0.2) is 406 Å². The molecule has 0 bridgehead atoms. The van der Waals surface area contributed by atoms with Gasteiger partial charge in [0.15, 0.2) is 17.5 Å². The third-order valence-corrected chi connectivity index (χ3v) is 26.8. The maximum Gasteiger partial charge on any atom is 0.164 e. The van der Waals surface area contributed by atoms with Gasteiger partial charge < -0.3 is 9.13 Å². The molecule has 19 aromatic carbocycles. The molecule has 0 saturated heterocycles. The van der Waals surface area contributed by atoms with Crippen LogP contribution in [-0.2, 0) is 5.41 Å². The Balaban J connectivity index is 0.000000136. The molecule has 0 spiro atoms. The van der Waals surface area contributed by atoms with Gasteiger partial charge >= 0.3 is 0 Å². The van der Waals surface area contributed by atoms with Crippen molar-refractivity contribution in [3.8, 4) is 78.9 Å². The first-order valence-corrected chi connectivity index (χ1v) is 41.6. The molecule has 117 heavy (non-hydrogen) atoms. The fourth-order valence-corrected chi connectivity index (χ4v) is 21.5. The zero-order valence-corrected chi connectivity index (χ0v) is 64.9. The molecule has 5 aromatic heterocycles. The average Bonchev–Trinajstić information content (AvgIpc) is 1.55. The number of hydrogen-bond donors (Lipinski definition) is 0. The smallest absolute Gasteiger partial charge is 0.164 e. The molecule has 0 unspecified atom stereocenters. The van der Waals surface area contributed by atoms with Crippen LogP contribution in [0.4, 0.5) is 0 Å². The van der Waals surface area contributed by atoms with Crippen molar-refractivity contribution in [2.45, 2.75) is 5.41 Å². The molecule has 0 amide bonds. The lowest BCUT2D eigenvalue weighted by Gasteiger charge is -2.34. The number of para-hydroxylation sites is 3. The van der Waals surface area contributed by atoms with E-state index in [9.17, 15) is 0 Å². The summed E-state index contributed by atoms with van der Waals surface area (Å²) in [6.07, 6.45) is 0. The second kappa shape index (κ2) is 26.7. The van der Waals surface area contributed by atoms with Gasteiger partial charge in [-0.2, -0.15) is 0 Å². The fourth-order valence-electron chi connectivity index (χ4n) is 19.2. The van der Waals surface area contributed by atoms with Gasteiger partial charge in [-0.3, -0.25) is 0 Å². The molecule has 0 fully saturated rings. The molecule has 1 aliphatic carbocycles. The predicted octanol–water partition coefficient (Wildman–Crippen LogP) is 29.8. The lowest BCUT2D eigenvalue weighted by molar-refractivity contribution is 0.768. The molecular weight excluding hydrogens is 1460 g/mol. The van der Waals surface area contributed by atoms with E-state index in [0.29, 0.717) is 17.5 Å². The van der Waals surface area contributed by atoms with Crippen molar-refractivity contribution in [3.05, 3.63) is 429 Å². The minimum Gasteiger partial charge on any atom is -0.309 e. The zero-order chi connectivity index (χ0) is 76.8. The molecule has 0 saturated carbocycles. The van der Waals surface area contributed by atoms with Crippen molar-refractivity contribution in [2.75, 3.05) is 0 Å². The van der Waals surface area contributed by atoms with Crippen LogP contribution >= 0.6 is 22.7 Å². The lowest BCUT2D eigenvalue weighted by Crippen LogP contribution is -2.28. The predicted molar refractivity (Wildman–Crippen MR) is 495 cm³/mol. The SMILES string of the molecule is c1ccc(-c2nc(-c3ccc(-c4ccc5c(ccc6ccc7sc8ccccc8c7c65)c4)cc3)nc(-c3ccc(C4(c5ccccc5)c5ccccc5-c5ccccc54)cc3)n2)cc1.c1ccc(-n2c3ccccc3c3cc(-c4ccc5c(c4)c4ccccc4n5-c4ccc5c(ccc6ccc7sc8ccccc8c7c65)c4)ccc32)cc1. The maximum absolute atomic E-state index is 5.17. The number of aromatic nitrogens is 5. The van der Waals surface area contributed by atoms with Crippen LogP contribution in [0.5, 0.6) is 0 Å². The van der Waals surface area contributed by atoms with Crippen LogP contribution in [0.2, 0.25) is 0 Å². The van der Waals surface area contributed by atoms with E-state index in [1.165, 1.54) is 188 Å². The number of hydrogen-bond acceptors (Lipinski definition) is 5. The monoisotopic (exact) mass is 1520 g/mol. The Kier molecular flexibility index (Phi) is 15.3. The van der Waals surface area contributed by atoms with E-state index >= 15 is 0 Å². The van der Waals surface area contributed by atoms with E-state index in [1.54, 1.807) is 0 Å². The van der Waals surface area contributed by atoms with Crippen LogP contribution < -0.4 is 0 Å². The van der Waals surface area contributed by atoms with Crippen molar-refractivity contribution in [1.29, 1.82) is 0 Å². The van der Waals surface area contributed by atoms with E-state index < -0.39 is 5.41 Å². The summed E-state index contributed by atoms with van der Waals surface area (Å²) in [5, 5.41) is 20.7. The van der Waals surface area contributed by atoms with Gasteiger partial charge in [-0.05, 0) is 190 Å². The minimum absolute atomic E-state index is 0.474. The summed E-state index contributed by atoms with van der Waals surface area (Å²) >= 11 is 3.75. The van der Waals surface area contributed by atoms with Crippen LogP contribution in [0, 0.1) is 0 Å². The molecule has 0 radical (unpaired) electrons. The van der Waals surface area contributed by atoms with Gasteiger partial charge in [-0.15, -0.1) is 22.7 Å². The maximum atomic E-state index is 5.17. The molecule has 1 aliphatic rings. The fraction of sp³-hybridized carbons (Fsp3) is 0.00909. The molecule has 5 heterocycles. The Morgan fingerprint density at radius 2 is 0.581 bits per heavy atom. The van der Waals surface area contributed by atoms with E-state index in [1.807, 2.05) is 40.9 Å². The van der Waals surface area contributed by atoms with Gasteiger partial charge in [0.1, 0.15) is 0 Å². The number of benzene rings is 19. The molecular formula is C110H67N5S2. The lowest BCUT2D eigenvalue weighted by atomic mass is 9.67. The van der Waals surface area contributed by atoms with Gasteiger partial charge in [0.2, 0.25) is 0 Å². The van der Waals surface area contributed by atoms with Crippen molar-refractivity contribution in [2.24, 2.45) is 0 Å². The molecule has 544 valence electrons. The first kappa shape index (κ1) is 66.8. The number of rotatable bonds is 9. The quantitative estimate of drug-likeness (QED) is 0.135. The molecule has 7 heteroatoms. The summed E-state index contributed by atoms with van der Waals surface area (Å²) in [4.78, 5) is 15.3. The number of fused-ring (bicyclic) bond motifs is 23. The topological polar surface area (TPSA) is 48.5 Å². The van der Waals surface area contributed by atoms with Gasteiger partial charge in [-0.25, -0.2) is 15.0 Å². The van der Waals surface area contributed by atoms with Crippen LogP contribution in [-0.4, -0.2) is 24.1 Å². The highest BCUT2D eigenvalue weighted by atomic mass is 32.1. The summed E-state index contributed by atoms with van der Waals surface area (Å²) in [5.74, 6) is 1.91. The van der Waals surface area contributed by atoms with Crippen LogP contribution in [0.1, 0.15) is 22.3 Å². The zero-order valence-electron chi connectivity index (χ0n) is 63.2. The Morgan fingerprint density at radius 1 is 0.205 bits per heavy atom. The summed E-state index contributed by atoms with van der Waals surface area (Å²) in [6, 6.07) is 148. The van der Waals surface area contributed by atoms with E-state index in [-0.39, 0.29) is 0 Å². The summed E-state index contributed by atoms with van der Waals surface area (Å²) in [6.45, 7) is 0. The molecule has 0 N–H and O–H groups in total. The van der Waals surface area contributed by atoms with E-state index in [4.69, 9.17) is 15.0 Å². The van der Waals surface area contributed by atoms with Gasteiger partial charge in [0.25, 0.3) is 0 Å². The molecule has 0 aliphatic heterocycles. The first-order chi connectivity index (χ1) is 58.0. The molecule has 0 atom stereocenters. The number of thiophene rings is 2. The average molecular weight is 1520 g/mol. The highest BCUT2D eigenvalue weighted by Crippen LogP contribution is 2.57. The normalized spacial score (nSPS) is 12.5. The second-order valence-electron chi connectivity index (χ2n) is 30.8. The van der Waals surface area contributed by atoms with Crippen molar-refractivity contribution < 1.29 is 0 Å². The highest BCUT2D eigenvalue weighted by Gasteiger charge is 2.46. The molecule has 5 nitrogen and oxygen atoms in total. The number of nitrogens with zero attached hydrogens (tertiary/aromatic N) is 5. The van der Waals surface area contributed by atoms with Gasteiger partial charge in [0, 0.05) is 90.0 Å². The Labute approximate surface area is 681 Å². The van der Waals surface area contributed by atoms with Gasteiger partial charge in [0.05, 0.1) is 27.5 Å². The minimum atomic E-state index is -0.474. The molecule has 25 rings (SSSR count). The first-order valence-electron chi connectivity index (χ1n) is 39.9. The summed E-state index contributed by atoms with van der Waals surface area (Å²) < 4.78 is 10.2. The third kappa shape index (κ3) is 10.6. The van der Waals surface area contributed by atoms with Crippen LogP contribution in [0.3, 0.4) is 0 Å². The largest absolute Gasteiger partial charge is 0.309 e. The van der Waals surface area contributed by atoms with Crippen molar-refractivity contribution >= 4 is 150 Å². The summed E-state index contributed by atoms with van der Waals surface area (Å²) in [5.41, 5.74) is 21.9.